The third kappa shape index (κ3) is 2.71. The Hall–Kier alpha value is -1.53. The Labute approximate surface area is 84.6 Å². The molecule has 1 N–H and O–H groups in total. The minimum absolute atomic E-state index is 0.110. The lowest BCUT2D eigenvalue weighted by molar-refractivity contribution is -0.207. The number of hydrogen-bond acceptors (Lipinski definition) is 3. The zero-order valence-corrected chi connectivity index (χ0v) is 7.85. The number of halogens is 2. The van der Waals surface area contributed by atoms with Crippen LogP contribution in [0, 0.1) is 0 Å². The van der Waals surface area contributed by atoms with Crippen LogP contribution in [-0.4, -0.2) is 24.2 Å². The summed E-state index contributed by atoms with van der Waals surface area (Å²) in [7, 11) is 1.05. The highest BCUT2D eigenvalue weighted by molar-refractivity contribution is 5.95. The molecule has 1 aromatic rings. The molecule has 82 valence electrons. The zero-order valence-electron chi connectivity index (χ0n) is 7.85. The van der Waals surface area contributed by atoms with Crippen LogP contribution in [0.4, 0.5) is 14.5 Å². The van der Waals surface area contributed by atoms with Crippen LogP contribution in [0.1, 0.15) is 0 Å². The molecular weight excluding hydrogens is 208 g/mol. The monoisotopic (exact) mass is 217 g/mol. The van der Waals surface area contributed by atoms with E-state index < -0.39 is 12.0 Å². The molecule has 15 heavy (non-hydrogen) atoms. The maximum Gasteiger partial charge on any atom is 0.436 e. The molecule has 0 saturated heterocycles. The van der Waals surface area contributed by atoms with Gasteiger partial charge in [-0.2, -0.15) is 13.8 Å². The summed E-state index contributed by atoms with van der Waals surface area (Å²) in [6.45, 7) is 0. The van der Waals surface area contributed by atoms with E-state index in [-0.39, 0.29) is 5.69 Å². The second kappa shape index (κ2) is 4.33. The molecular formula is C9H9F2NO3. The standard InChI is InChI=1S/C9H9F2NO3/c1-15-12(8(13)9(10,11)14)7-5-3-2-4-6-7/h2-6,14H,1H3. The second-order valence-corrected chi connectivity index (χ2v) is 2.66. The molecule has 0 heterocycles. The Morgan fingerprint density at radius 1 is 1.40 bits per heavy atom. The fourth-order valence-electron chi connectivity index (χ4n) is 0.991. The van der Waals surface area contributed by atoms with Crippen LogP contribution in [0.2, 0.25) is 0 Å². The summed E-state index contributed by atoms with van der Waals surface area (Å²) in [5, 5.41) is 8.56. The highest BCUT2D eigenvalue weighted by atomic mass is 19.3. The van der Waals surface area contributed by atoms with E-state index in [1.54, 1.807) is 18.2 Å². The van der Waals surface area contributed by atoms with E-state index in [0.29, 0.717) is 5.06 Å². The number of aliphatic hydroxyl groups is 1. The fourth-order valence-corrected chi connectivity index (χ4v) is 0.991. The SMILES string of the molecule is CON(C(=O)C(O)(F)F)c1ccccc1. The number of carbonyl (C=O) groups excluding carboxylic acids is 1. The lowest BCUT2D eigenvalue weighted by Gasteiger charge is -2.21. The Morgan fingerprint density at radius 3 is 2.33 bits per heavy atom. The maximum absolute atomic E-state index is 12.3. The smallest absolute Gasteiger partial charge is 0.328 e. The average molecular weight is 217 g/mol. The van der Waals surface area contributed by atoms with Gasteiger partial charge in [0, 0.05) is 0 Å². The Bertz CT molecular complexity index is 337. The molecule has 1 aromatic carbocycles. The van der Waals surface area contributed by atoms with Crippen LogP contribution in [0.15, 0.2) is 30.3 Å². The van der Waals surface area contributed by atoms with Crippen molar-refractivity contribution in [2.24, 2.45) is 0 Å². The first-order valence-corrected chi connectivity index (χ1v) is 4.00. The minimum Gasteiger partial charge on any atom is -0.328 e. The molecule has 4 nitrogen and oxygen atoms in total. The Morgan fingerprint density at radius 2 is 1.93 bits per heavy atom. The summed E-state index contributed by atoms with van der Waals surface area (Å²) < 4.78 is 24.6. The average Bonchev–Trinajstić information content (AvgIpc) is 2.19. The topological polar surface area (TPSA) is 49.8 Å². The molecule has 0 aliphatic rings. The summed E-state index contributed by atoms with van der Waals surface area (Å²) in [5.74, 6) is -1.84. The van der Waals surface area contributed by atoms with E-state index in [4.69, 9.17) is 5.11 Å². The van der Waals surface area contributed by atoms with E-state index in [9.17, 15) is 13.6 Å². The Balaban J connectivity index is 2.96. The third-order valence-electron chi connectivity index (χ3n) is 1.62. The summed E-state index contributed by atoms with van der Waals surface area (Å²) in [6, 6.07) is 7.54. The van der Waals surface area contributed by atoms with Crippen molar-refractivity contribution in [3.8, 4) is 0 Å². The van der Waals surface area contributed by atoms with Crippen molar-refractivity contribution in [3.05, 3.63) is 30.3 Å². The zero-order chi connectivity index (χ0) is 11.5. The van der Waals surface area contributed by atoms with Gasteiger partial charge in [0.2, 0.25) is 0 Å². The largest absolute Gasteiger partial charge is 0.436 e. The van der Waals surface area contributed by atoms with Crippen molar-refractivity contribution in [3.63, 3.8) is 0 Å². The molecule has 0 spiro atoms. The number of anilines is 1. The lowest BCUT2D eigenvalue weighted by Crippen LogP contribution is -2.43. The summed E-state index contributed by atoms with van der Waals surface area (Å²) >= 11 is 0. The van der Waals surface area contributed by atoms with E-state index in [0.717, 1.165) is 7.11 Å². The van der Waals surface area contributed by atoms with Gasteiger partial charge >= 0.3 is 12.0 Å². The van der Waals surface area contributed by atoms with Gasteiger partial charge in [-0.25, -0.2) is 0 Å². The van der Waals surface area contributed by atoms with Crippen LogP contribution in [0.3, 0.4) is 0 Å². The van der Waals surface area contributed by atoms with Gasteiger partial charge in [-0.05, 0) is 12.1 Å². The lowest BCUT2D eigenvalue weighted by atomic mass is 10.3. The first-order chi connectivity index (χ1) is 6.96. The van der Waals surface area contributed by atoms with Crippen LogP contribution < -0.4 is 5.06 Å². The van der Waals surface area contributed by atoms with Gasteiger partial charge in [-0.1, -0.05) is 18.2 Å². The molecule has 0 radical (unpaired) electrons. The number of carbonyl (C=O) groups is 1. The summed E-state index contributed by atoms with van der Waals surface area (Å²) in [4.78, 5) is 15.5. The van der Waals surface area contributed by atoms with E-state index in [1.807, 2.05) is 0 Å². The molecule has 0 fully saturated rings. The summed E-state index contributed by atoms with van der Waals surface area (Å²) in [6.07, 6.45) is -4.45. The number of hydrogen-bond donors (Lipinski definition) is 1. The van der Waals surface area contributed by atoms with Crippen molar-refractivity contribution >= 4 is 11.6 Å². The van der Waals surface area contributed by atoms with Crippen LogP contribution in [-0.2, 0) is 9.63 Å². The molecule has 0 atom stereocenters. The molecule has 0 bridgehead atoms. The molecule has 1 amide bonds. The third-order valence-corrected chi connectivity index (χ3v) is 1.62. The number of alkyl halides is 2. The molecule has 6 heteroatoms. The number of amides is 1. The molecule has 0 saturated carbocycles. The van der Waals surface area contributed by atoms with Gasteiger partial charge in [0.25, 0.3) is 0 Å². The predicted molar refractivity (Wildman–Crippen MR) is 48.1 cm³/mol. The van der Waals surface area contributed by atoms with Crippen LogP contribution in [0.5, 0.6) is 0 Å². The number of benzene rings is 1. The van der Waals surface area contributed by atoms with Crippen molar-refractivity contribution in [1.29, 1.82) is 0 Å². The molecule has 0 aromatic heterocycles. The van der Waals surface area contributed by atoms with Crippen molar-refractivity contribution in [2.75, 3.05) is 12.2 Å². The van der Waals surface area contributed by atoms with Crippen molar-refractivity contribution in [1.82, 2.24) is 0 Å². The van der Waals surface area contributed by atoms with Gasteiger partial charge in [0.1, 0.15) is 0 Å². The van der Waals surface area contributed by atoms with Crippen molar-refractivity contribution in [2.45, 2.75) is 6.11 Å². The first kappa shape index (κ1) is 11.5. The summed E-state index contributed by atoms with van der Waals surface area (Å²) in [5.41, 5.74) is 0.110. The van der Waals surface area contributed by atoms with E-state index in [1.165, 1.54) is 12.1 Å². The van der Waals surface area contributed by atoms with E-state index >= 15 is 0 Å². The number of nitrogens with zero attached hydrogens (tertiary/aromatic N) is 1. The van der Waals surface area contributed by atoms with Crippen LogP contribution >= 0.6 is 0 Å². The number of rotatable bonds is 3. The minimum atomic E-state index is -4.45. The maximum atomic E-state index is 12.3. The predicted octanol–water partition coefficient (Wildman–Crippen LogP) is 1.17. The highest BCUT2D eigenvalue weighted by Gasteiger charge is 2.41. The van der Waals surface area contributed by atoms with Gasteiger partial charge < -0.3 is 5.11 Å². The normalized spacial score (nSPS) is 11.2. The van der Waals surface area contributed by atoms with Gasteiger partial charge in [0.05, 0.1) is 12.8 Å². The van der Waals surface area contributed by atoms with Gasteiger partial charge in [0.15, 0.2) is 0 Å². The molecule has 0 unspecified atom stereocenters. The number of para-hydroxylation sites is 1. The first-order valence-electron chi connectivity index (χ1n) is 4.00. The highest BCUT2D eigenvalue weighted by Crippen LogP contribution is 2.20. The number of hydroxylamine groups is 1. The quantitative estimate of drug-likeness (QED) is 0.773. The molecule has 0 aliphatic heterocycles. The molecule has 0 aliphatic carbocycles. The van der Waals surface area contributed by atoms with Gasteiger partial charge in [-0.15, -0.1) is 0 Å². The Kier molecular flexibility index (Phi) is 3.33. The fraction of sp³-hybridized carbons (Fsp3) is 0.222. The van der Waals surface area contributed by atoms with Crippen molar-refractivity contribution < 1.29 is 23.5 Å². The van der Waals surface area contributed by atoms with Crippen LogP contribution in [0.25, 0.3) is 0 Å². The second-order valence-electron chi connectivity index (χ2n) is 2.66. The molecule has 1 rings (SSSR count). The van der Waals surface area contributed by atoms with E-state index in [2.05, 4.69) is 4.84 Å². The van der Waals surface area contributed by atoms with Gasteiger partial charge in [-0.3, -0.25) is 9.63 Å².